The zero-order chi connectivity index (χ0) is 15.1. The number of ether oxygens (including phenoxy) is 1. The van der Waals surface area contributed by atoms with Crippen molar-refractivity contribution in [3.05, 3.63) is 47.0 Å². The van der Waals surface area contributed by atoms with Crippen LogP contribution in [-0.4, -0.2) is 29.0 Å². The summed E-state index contributed by atoms with van der Waals surface area (Å²) in [6, 6.07) is 5.32. The number of amides is 1. The van der Waals surface area contributed by atoms with E-state index in [0.717, 1.165) is 24.2 Å². The standard InChI is InChI=1S/C15H18ClN3O2/c1-11-9-12(4-5-13(11)16)21-10-15(20)19-6-2-3-14-17-7-8-18-14/h4-5,7-9H,2-3,6,10H2,1H3,(H,17,18)(H,19,20). The number of nitrogens with one attached hydrogen (secondary N) is 2. The van der Waals surface area contributed by atoms with E-state index in [0.29, 0.717) is 17.3 Å². The molecule has 5 nitrogen and oxygen atoms in total. The largest absolute Gasteiger partial charge is 0.484 e. The smallest absolute Gasteiger partial charge is 0.257 e. The van der Waals surface area contributed by atoms with Gasteiger partial charge in [-0.25, -0.2) is 4.98 Å². The third kappa shape index (κ3) is 5.11. The Hall–Kier alpha value is -2.01. The predicted octanol–water partition coefficient (Wildman–Crippen LogP) is 2.50. The fourth-order valence-corrected chi connectivity index (χ4v) is 1.94. The van der Waals surface area contributed by atoms with Crippen LogP contribution in [0.5, 0.6) is 5.75 Å². The first-order valence-electron chi connectivity index (χ1n) is 6.79. The normalized spacial score (nSPS) is 10.4. The van der Waals surface area contributed by atoms with Crippen molar-refractivity contribution >= 4 is 17.5 Å². The molecule has 1 aromatic heterocycles. The minimum absolute atomic E-state index is 0.00181. The topological polar surface area (TPSA) is 67.0 Å². The molecule has 1 heterocycles. The number of carbonyl (C=O) groups is 1. The molecule has 0 radical (unpaired) electrons. The highest BCUT2D eigenvalue weighted by atomic mass is 35.5. The maximum absolute atomic E-state index is 11.6. The summed E-state index contributed by atoms with van der Waals surface area (Å²) in [5.74, 6) is 1.43. The van der Waals surface area contributed by atoms with Crippen LogP contribution in [0.2, 0.25) is 5.02 Å². The van der Waals surface area contributed by atoms with Crippen LogP contribution >= 0.6 is 11.6 Å². The van der Waals surface area contributed by atoms with Crippen molar-refractivity contribution in [2.75, 3.05) is 13.2 Å². The molecule has 0 fully saturated rings. The Morgan fingerprint density at radius 2 is 2.33 bits per heavy atom. The first-order valence-corrected chi connectivity index (χ1v) is 7.17. The summed E-state index contributed by atoms with van der Waals surface area (Å²) >= 11 is 5.93. The lowest BCUT2D eigenvalue weighted by atomic mass is 10.2. The minimum Gasteiger partial charge on any atom is -0.484 e. The van der Waals surface area contributed by atoms with E-state index < -0.39 is 0 Å². The van der Waals surface area contributed by atoms with Crippen LogP contribution in [0.4, 0.5) is 0 Å². The molecule has 0 unspecified atom stereocenters. The van der Waals surface area contributed by atoms with E-state index in [2.05, 4.69) is 15.3 Å². The number of hydrogen-bond acceptors (Lipinski definition) is 3. The van der Waals surface area contributed by atoms with Gasteiger partial charge >= 0.3 is 0 Å². The van der Waals surface area contributed by atoms with Crippen molar-refractivity contribution in [2.45, 2.75) is 19.8 Å². The zero-order valence-corrected chi connectivity index (χ0v) is 12.6. The lowest BCUT2D eigenvalue weighted by molar-refractivity contribution is -0.123. The third-order valence-electron chi connectivity index (χ3n) is 2.97. The average Bonchev–Trinajstić information content (AvgIpc) is 2.98. The summed E-state index contributed by atoms with van der Waals surface area (Å²) in [7, 11) is 0. The molecule has 0 aliphatic carbocycles. The number of hydrogen-bond donors (Lipinski definition) is 2. The molecule has 2 rings (SSSR count). The highest BCUT2D eigenvalue weighted by Crippen LogP contribution is 2.20. The van der Waals surface area contributed by atoms with E-state index >= 15 is 0 Å². The quantitative estimate of drug-likeness (QED) is 0.772. The van der Waals surface area contributed by atoms with E-state index in [1.807, 2.05) is 13.0 Å². The Kier molecular flexibility index (Phi) is 5.63. The number of aromatic nitrogens is 2. The molecule has 21 heavy (non-hydrogen) atoms. The summed E-state index contributed by atoms with van der Waals surface area (Å²) < 4.78 is 5.42. The van der Waals surface area contributed by atoms with Gasteiger partial charge < -0.3 is 15.0 Å². The van der Waals surface area contributed by atoms with Crippen LogP contribution in [0.3, 0.4) is 0 Å². The van der Waals surface area contributed by atoms with Crippen LogP contribution in [0, 0.1) is 6.92 Å². The summed E-state index contributed by atoms with van der Waals surface area (Å²) in [6.07, 6.45) is 5.15. The number of rotatable bonds is 7. The highest BCUT2D eigenvalue weighted by Gasteiger charge is 2.04. The van der Waals surface area contributed by atoms with Gasteiger partial charge in [0.05, 0.1) is 0 Å². The van der Waals surface area contributed by atoms with Crippen LogP contribution in [0.1, 0.15) is 17.8 Å². The third-order valence-corrected chi connectivity index (χ3v) is 3.39. The Morgan fingerprint density at radius 3 is 3.05 bits per heavy atom. The monoisotopic (exact) mass is 307 g/mol. The van der Waals surface area contributed by atoms with Crippen molar-refractivity contribution in [2.24, 2.45) is 0 Å². The van der Waals surface area contributed by atoms with E-state index in [1.54, 1.807) is 24.5 Å². The van der Waals surface area contributed by atoms with Gasteiger partial charge in [0.1, 0.15) is 11.6 Å². The fraction of sp³-hybridized carbons (Fsp3) is 0.333. The van der Waals surface area contributed by atoms with Gasteiger partial charge in [-0.05, 0) is 37.1 Å². The summed E-state index contributed by atoms with van der Waals surface area (Å²) in [5.41, 5.74) is 0.924. The van der Waals surface area contributed by atoms with E-state index in [-0.39, 0.29) is 12.5 Å². The van der Waals surface area contributed by atoms with Crippen molar-refractivity contribution in [1.29, 1.82) is 0 Å². The van der Waals surface area contributed by atoms with Crippen molar-refractivity contribution in [3.8, 4) is 5.75 Å². The van der Waals surface area contributed by atoms with Gasteiger partial charge in [0.15, 0.2) is 6.61 Å². The van der Waals surface area contributed by atoms with Gasteiger partial charge in [-0.2, -0.15) is 0 Å². The molecule has 0 aliphatic rings. The maximum atomic E-state index is 11.6. The second kappa shape index (κ2) is 7.69. The molecular formula is C15H18ClN3O2. The fourth-order valence-electron chi connectivity index (χ4n) is 1.83. The average molecular weight is 308 g/mol. The number of nitrogens with zero attached hydrogens (tertiary/aromatic N) is 1. The molecule has 0 aliphatic heterocycles. The number of halogens is 1. The number of benzene rings is 1. The van der Waals surface area contributed by atoms with Crippen LogP contribution in [0.25, 0.3) is 0 Å². The highest BCUT2D eigenvalue weighted by molar-refractivity contribution is 6.31. The first kappa shape index (κ1) is 15.4. The van der Waals surface area contributed by atoms with Gasteiger partial charge in [0.25, 0.3) is 5.91 Å². The summed E-state index contributed by atoms with van der Waals surface area (Å²) in [6.45, 7) is 2.49. The van der Waals surface area contributed by atoms with E-state index in [9.17, 15) is 4.79 Å². The Labute approximate surface area is 128 Å². The van der Waals surface area contributed by atoms with E-state index in [4.69, 9.17) is 16.3 Å². The predicted molar refractivity (Wildman–Crippen MR) is 81.6 cm³/mol. The molecule has 0 saturated heterocycles. The van der Waals surface area contributed by atoms with Crippen LogP contribution in [0.15, 0.2) is 30.6 Å². The first-order chi connectivity index (χ1) is 10.1. The van der Waals surface area contributed by atoms with Gasteiger partial charge in [-0.3, -0.25) is 4.79 Å². The SMILES string of the molecule is Cc1cc(OCC(=O)NCCCc2ncc[nH]2)ccc1Cl. The van der Waals surface area contributed by atoms with E-state index in [1.165, 1.54) is 0 Å². The molecule has 1 aromatic carbocycles. The number of aromatic amines is 1. The molecule has 0 spiro atoms. The lowest BCUT2D eigenvalue weighted by Gasteiger charge is -2.08. The van der Waals surface area contributed by atoms with Gasteiger partial charge in [-0.15, -0.1) is 0 Å². The number of imidazole rings is 1. The number of carbonyl (C=O) groups excluding carboxylic acids is 1. The molecule has 112 valence electrons. The van der Waals surface area contributed by atoms with Gasteiger partial charge in [-0.1, -0.05) is 11.6 Å². The molecule has 6 heteroatoms. The molecule has 0 saturated carbocycles. The van der Waals surface area contributed by atoms with Gasteiger partial charge in [0.2, 0.25) is 0 Å². The molecule has 0 bridgehead atoms. The maximum Gasteiger partial charge on any atom is 0.257 e. The van der Waals surface area contributed by atoms with Crippen molar-refractivity contribution in [1.82, 2.24) is 15.3 Å². The van der Waals surface area contributed by atoms with Crippen molar-refractivity contribution < 1.29 is 9.53 Å². The molecule has 2 N–H and O–H groups in total. The zero-order valence-electron chi connectivity index (χ0n) is 11.9. The summed E-state index contributed by atoms with van der Waals surface area (Å²) in [5, 5.41) is 3.49. The number of H-pyrrole nitrogens is 1. The van der Waals surface area contributed by atoms with Crippen LogP contribution in [-0.2, 0) is 11.2 Å². The Bertz CT molecular complexity index is 585. The minimum atomic E-state index is -0.137. The second-order valence-electron chi connectivity index (χ2n) is 4.69. The second-order valence-corrected chi connectivity index (χ2v) is 5.10. The Balaban J connectivity index is 1.64. The van der Waals surface area contributed by atoms with Crippen LogP contribution < -0.4 is 10.1 Å². The molecular weight excluding hydrogens is 290 g/mol. The van der Waals surface area contributed by atoms with Gasteiger partial charge in [0, 0.05) is 30.4 Å². The number of aryl methyl sites for hydroxylation is 2. The molecule has 2 aromatic rings. The Morgan fingerprint density at radius 1 is 1.48 bits per heavy atom. The molecule has 0 atom stereocenters. The summed E-state index contributed by atoms with van der Waals surface area (Å²) in [4.78, 5) is 18.8. The van der Waals surface area contributed by atoms with Crippen molar-refractivity contribution in [3.63, 3.8) is 0 Å². The lowest BCUT2D eigenvalue weighted by Crippen LogP contribution is -2.29. The molecule has 1 amide bonds.